The molecule has 0 aliphatic heterocycles. The predicted molar refractivity (Wildman–Crippen MR) is 154 cm³/mol. The van der Waals surface area contributed by atoms with Gasteiger partial charge in [0, 0.05) is 24.7 Å². The molecule has 0 bridgehead atoms. The van der Waals surface area contributed by atoms with Gasteiger partial charge in [-0.2, -0.15) is 5.10 Å². The van der Waals surface area contributed by atoms with Crippen LogP contribution in [-0.4, -0.2) is 70.7 Å². The highest BCUT2D eigenvalue weighted by Gasteiger charge is 2.22. The van der Waals surface area contributed by atoms with Crippen molar-refractivity contribution >= 4 is 47.2 Å². The van der Waals surface area contributed by atoms with E-state index in [1.165, 1.54) is 11.3 Å². The van der Waals surface area contributed by atoms with Crippen molar-refractivity contribution in [3.8, 4) is 21.8 Å². The summed E-state index contributed by atoms with van der Waals surface area (Å²) >= 11 is 1.37. The minimum Gasteiger partial charge on any atom is -0.303 e. The fraction of sp³-hybridized carbons (Fsp3) is 0.440. The number of halogens is 2. The van der Waals surface area contributed by atoms with E-state index in [1.54, 1.807) is 6.07 Å². The van der Waals surface area contributed by atoms with E-state index in [-0.39, 0.29) is 48.7 Å². The molecule has 198 valence electrons. The second kappa shape index (κ2) is 15.1. The normalized spacial score (nSPS) is 10.9. The SMILES string of the molecule is CCN(CC)CCN(C)CC(=O)Nc1nc(-c2ccccc2)c(-c2n[nH]c(=O)cc2C(C)C)s1.Cl.Cl. The van der Waals surface area contributed by atoms with Crippen LogP contribution >= 0.6 is 36.2 Å². The van der Waals surface area contributed by atoms with E-state index in [1.807, 2.05) is 56.1 Å². The van der Waals surface area contributed by atoms with Crippen LogP contribution in [0.5, 0.6) is 0 Å². The Balaban J connectivity index is 0.00000324. The molecule has 0 spiro atoms. The molecule has 0 radical (unpaired) electrons. The second-order valence-electron chi connectivity index (χ2n) is 8.57. The minimum atomic E-state index is -0.237. The molecule has 1 aromatic carbocycles. The molecular weight excluding hydrogens is 519 g/mol. The number of nitrogens with zero attached hydrogens (tertiary/aromatic N) is 4. The molecule has 0 atom stereocenters. The third-order valence-electron chi connectivity index (χ3n) is 5.70. The summed E-state index contributed by atoms with van der Waals surface area (Å²) in [7, 11) is 1.95. The van der Waals surface area contributed by atoms with Crippen LogP contribution in [-0.2, 0) is 4.79 Å². The third kappa shape index (κ3) is 8.38. The van der Waals surface area contributed by atoms with Gasteiger partial charge in [-0.05, 0) is 31.6 Å². The molecule has 3 aromatic rings. The lowest BCUT2D eigenvalue weighted by Crippen LogP contribution is -2.37. The predicted octanol–water partition coefficient (Wildman–Crippen LogP) is 4.74. The van der Waals surface area contributed by atoms with Gasteiger partial charge in [0.05, 0.1) is 17.1 Å². The van der Waals surface area contributed by atoms with Crippen LogP contribution in [0.25, 0.3) is 21.8 Å². The number of aromatic amines is 1. The second-order valence-corrected chi connectivity index (χ2v) is 9.57. The summed E-state index contributed by atoms with van der Waals surface area (Å²) in [5, 5.41) is 10.4. The average molecular weight is 556 g/mol. The number of aromatic nitrogens is 3. The monoisotopic (exact) mass is 554 g/mol. The Kier molecular flexibility index (Phi) is 13.3. The number of carbonyl (C=O) groups excluding carboxylic acids is 1. The van der Waals surface area contributed by atoms with Crippen molar-refractivity contribution in [2.75, 3.05) is 45.1 Å². The Morgan fingerprint density at radius 2 is 1.75 bits per heavy atom. The number of hydrogen-bond acceptors (Lipinski definition) is 7. The molecule has 0 saturated carbocycles. The van der Waals surface area contributed by atoms with Crippen LogP contribution in [0.1, 0.15) is 39.2 Å². The molecule has 3 rings (SSSR count). The average Bonchev–Trinajstić information content (AvgIpc) is 3.23. The number of H-pyrrole nitrogens is 1. The zero-order chi connectivity index (χ0) is 24.7. The van der Waals surface area contributed by atoms with Gasteiger partial charge in [0.2, 0.25) is 5.91 Å². The summed E-state index contributed by atoms with van der Waals surface area (Å²) < 4.78 is 0. The molecule has 2 N–H and O–H groups in total. The summed E-state index contributed by atoms with van der Waals surface area (Å²) in [5.41, 5.74) is 2.95. The Morgan fingerprint density at radius 3 is 2.36 bits per heavy atom. The lowest BCUT2D eigenvalue weighted by molar-refractivity contribution is -0.117. The summed E-state index contributed by atoms with van der Waals surface area (Å²) in [5.74, 6) is -0.00603. The van der Waals surface area contributed by atoms with Crippen LogP contribution in [0.2, 0.25) is 0 Å². The van der Waals surface area contributed by atoms with Crippen molar-refractivity contribution < 1.29 is 4.79 Å². The van der Waals surface area contributed by atoms with Gasteiger partial charge in [0.25, 0.3) is 5.56 Å². The van der Waals surface area contributed by atoms with Crippen LogP contribution in [0.15, 0.2) is 41.2 Å². The molecule has 0 fully saturated rings. The molecule has 2 heterocycles. The fourth-order valence-corrected chi connectivity index (χ4v) is 4.72. The van der Waals surface area contributed by atoms with E-state index in [2.05, 4.69) is 34.3 Å². The summed E-state index contributed by atoms with van der Waals surface area (Å²) in [6, 6.07) is 11.4. The molecule has 8 nitrogen and oxygen atoms in total. The molecule has 0 saturated heterocycles. The maximum absolute atomic E-state index is 12.8. The van der Waals surface area contributed by atoms with Gasteiger partial charge in [-0.1, -0.05) is 69.4 Å². The van der Waals surface area contributed by atoms with E-state index in [9.17, 15) is 9.59 Å². The maximum Gasteiger partial charge on any atom is 0.264 e. The highest BCUT2D eigenvalue weighted by molar-refractivity contribution is 7.19. The van der Waals surface area contributed by atoms with Gasteiger partial charge in [0.15, 0.2) is 5.13 Å². The summed E-state index contributed by atoms with van der Waals surface area (Å²) in [6.45, 7) is 12.4. The first-order valence-corrected chi connectivity index (χ1v) is 12.5. The Morgan fingerprint density at radius 1 is 1.08 bits per heavy atom. The van der Waals surface area contributed by atoms with Gasteiger partial charge >= 0.3 is 0 Å². The first-order chi connectivity index (χ1) is 16.3. The lowest BCUT2D eigenvalue weighted by Gasteiger charge is -2.22. The number of likely N-dealkylation sites (N-methyl/N-ethyl adjacent to an activating group) is 2. The zero-order valence-corrected chi connectivity index (χ0v) is 23.9. The zero-order valence-electron chi connectivity index (χ0n) is 21.4. The number of anilines is 1. The summed E-state index contributed by atoms with van der Waals surface area (Å²) in [4.78, 5) is 34.6. The van der Waals surface area contributed by atoms with Crippen molar-refractivity contribution in [1.82, 2.24) is 25.0 Å². The Labute approximate surface area is 229 Å². The van der Waals surface area contributed by atoms with E-state index in [0.29, 0.717) is 10.8 Å². The lowest BCUT2D eigenvalue weighted by atomic mass is 10.00. The number of rotatable bonds is 11. The molecule has 0 aliphatic carbocycles. The smallest absolute Gasteiger partial charge is 0.264 e. The van der Waals surface area contributed by atoms with E-state index in [4.69, 9.17) is 4.98 Å². The number of thiazole rings is 1. The maximum atomic E-state index is 12.8. The quantitative estimate of drug-likeness (QED) is 0.355. The number of benzene rings is 1. The van der Waals surface area contributed by atoms with Crippen LogP contribution < -0.4 is 10.9 Å². The van der Waals surface area contributed by atoms with Gasteiger partial charge in [-0.15, -0.1) is 24.8 Å². The van der Waals surface area contributed by atoms with Gasteiger partial charge in [-0.25, -0.2) is 10.1 Å². The highest BCUT2D eigenvalue weighted by Crippen LogP contribution is 2.40. The molecule has 0 aliphatic rings. The van der Waals surface area contributed by atoms with Crippen molar-refractivity contribution in [2.45, 2.75) is 33.6 Å². The van der Waals surface area contributed by atoms with Gasteiger partial charge < -0.3 is 10.2 Å². The van der Waals surface area contributed by atoms with Crippen LogP contribution in [0, 0.1) is 0 Å². The van der Waals surface area contributed by atoms with Gasteiger partial charge in [-0.3, -0.25) is 14.5 Å². The van der Waals surface area contributed by atoms with E-state index >= 15 is 0 Å². The number of carbonyl (C=O) groups is 1. The van der Waals surface area contributed by atoms with Crippen molar-refractivity contribution in [3.05, 3.63) is 52.3 Å². The van der Waals surface area contributed by atoms with Crippen molar-refractivity contribution in [3.63, 3.8) is 0 Å². The Hall–Kier alpha value is -2.30. The third-order valence-corrected chi connectivity index (χ3v) is 6.68. The summed E-state index contributed by atoms with van der Waals surface area (Å²) in [6.07, 6.45) is 0. The fourth-order valence-electron chi connectivity index (χ4n) is 3.70. The van der Waals surface area contributed by atoms with Crippen molar-refractivity contribution in [1.29, 1.82) is 0 Å². The van der Waals surface area contributed by atoms with E-state index in [0.717, 1.165) is 47.9 Å². The van der Waals surface area contributed by atoms with Crippen LogP contribution in [0.3, 0.4) is 0 Å². The molecule has 0 unspecified atom stereocenters. The minimum absolute atomic E-state index is 0. The molecule has 1 amide bonds. The first-order valence-electron chi connectivity index (χ1n) is 11.7. The number of hydrogen-bond donors (Lipinski definition) is 2. The standard InChI is InChI=1S/C25H34N6O2S.2ClH/c1-6-31(7-2)14-13-30(5)16-21(33)26-25-27-22(18-11-9-8-10-12-18)24(34-25)23-19(17(3)4)15-20(32)28-29-23;;/h8-12,15,17H,6-7,13-14,16H2,1-5H3,(H,28,32)(H,26,27,33);2*1H. The van der Waals surface area contributed by atoms with Gasteiger partial charge in [0.1, 0.15) is 5.69 Å². The Bertz CT molecular complexity index is 1150. The van der Waals surface area contributed by atoms with Crippen molar-refractivity contribution in [2.24, 2.45) is 0 Å². The molecule has 36 heavy (non-hydrogen) atoms. The molecular formula is C25H36Cl2N6O2S. The first kappa shape index (κ1) is 31.7. The largest absolute Gasteiger partial charge is 0.303 e. The number of nitrogens with one attached hydrogen (secondary N) is 2. The van der Waals surface area contributed by atoms with E-state index < -0.39 is 0 Å². The number of amides is 1. The topological polar surface area (TPSA) is 94.2 Å². The molecule has 2 aromatic heterocycles. The van der Waals surface area contributed by atoms with Crippen LogP contribution in [0.4, 0.5) is 5.13 Å². The molecule has 11 heteroatoms. The highest BCUT2D eigenvalue weighted by atomic mass is 35.5.